The second-order valence-electron chi connectivity index (χ2n) is 17.6. The molecule has 2 heterocycles. The number of carbonyl (C=O) groups is 8. The molecule has 0 radical (unpaired) electrons. The minimum atomic E-state index is -1.62. The molecule has 2 aromatic carbocycles. The van der Waals surface area contributed by atoms with Gasteiger partial charge in [0.05, 0.1) is 18.9 Å². The van der Waals surface area contributed by atoms with Gasteiger partial charge in [-0.3, -0.25) is 33.6 Å². The van der Waals surface area contributed by atoms with Crippen LogP contribution in [0, 0.1) is 11.8 Å². The fourth-order valence-corrected chi connectivity index (χ4v) is 7.76. The largest absolute Gasteiger partial charge is 0.508 e. The van der Waals surface area contributed by atoms with Crippen LogP contribution >= 0.6 is 0 Å². The number of nitrogens with zero attached hydrogens (tertiary/aromatic N) is 1. The summed E-state index contributed by atoms with van der Waals surface area (Å²) in [6, 6.07) is 6.66. The van der Waals surface area contributed by atoms with E-state index in [1.165, 1.54) is 36.1 Å². The highest BCUT2D eigenvalue weighted by Crippen LogP contribution is 2.22. The van der Waals surface area contributed by atoms with Gasteiger partial charge in [0.25, 0.3) is 0 Å². The maximum atomic E-state index is 14.4. The zero-order chi connectivity index (χ0) is 47.1. The van der Waals surface area contributed by atoms with Crippen molar-refractivity contribution in [3.05, 3.63) is 65.7 Å². The number of aliphatic hydroxyl groups excluding tert-OH is 1. The molecule has 9 N–H and O–H groups in total. The molecule has 64 heavy (non-hydrogen) atoms. The molecule has 0 aromatic heterocycles. The monoisotopic (exact) mass is 891 g/mol. The van der Waals surface area contributed by atoms with Crippen LogP contribution < -0.4 is 32.3 Å². The zero-order valence-electron chi connectivity index (χ0n) is 37.3. The van der Waals surface area contributed by atoms with Crippen LogP contribution in [-0.2, 0) is 55.9 Å². The minimum Gasteiger partial charge on any atom is -0.508 e. The molecule has 2 aliphatic rings. The number of amides is 7. The maximum absolute atomic E-state index is 14.4. The lowest BCUT2D eigenvalue weighted by atomic mass is 10.0. The van der Waals surface area contributed by atoms with Crippen LogP contribution in [0.4, 0.5) is 0 Å². The molecule has 0 saturated carbocycles. The molecule has 8 atom stereocenters. The third-order valence-corrected chi connectivity index (χ3v) is 11.3. The second kappa shape index (κ2) is 24.1. The summed E-state index contributed by atoms with van der Waals surface area (Å²) < 4.78 is 6.03. The Morgan fingerprint density at radius 1 is 0.766 bits per heavy atom. The van der Waals surface area contributed by atoms with Crippen LogP contribution in [0.25, 0.3) is 0 Å². The Kier molecular flexibility index (Phi) is 19.1. The summed E-state index contributed by atoms with van der Waals surface area (Å²) in [5.41, 5.74) is 6.70. The second-order valence-corrected chi connectivity index (χ2v) is 17.6. The van der Waals surface area contributed by atoms with Gasteiger partial charge >= 0.3 is 5.97 Å². The molecule has 0 aliphatic carbocycles. The Balaban J connectivity index is 1.77. The third-order valence-electron chi connectivity index (χ3n) is 11.3. The molecular formula is C46H65N7O11. The number of phenols is 1. The molecule has 2 fully saturated rings. The highest BCUT2D eigenvalue weighted by Gasteiger charge is 2.43. The predicted octanol–water partition coefficient (Wildman–Crippen LogP) is 1.04. The normalized spacial score (nSPS) is 25.8. The topological polar surface area (TPSA) is 276 Å². The number of nitrogens with one attached hydrogen (secondary N) is 5. The number of aliphatic hydroxyl groups is 1. The van der Waals surface area contributed by atoms with Crippen molar-refractivity contribution in [3.8, 4) is 5.75 Å². The van der Waals surface area contributed by atoms with E-state index in [0.29, 0.717) is 23.5 Å². The summed E-state index contributed by atoms with van der Waals surface area (Å²) in [6.45, 7) is 8.60. The quantitative estimate of drug-likeness (QED) is 0.104. The fourth-order valence-electron chi connectivity index (χ4n) is 7.76. The molecule has 0 bridgehead atoms. The van der Waals surface area contributed by atoms with E-state index in [1.54, 1.807) is 44.2 Å². The van der Waals surface area contributed by atoms with Crippen molar-refractivity contribution >= 4 is 47.3 Å². The van der Waals surface area contributed by atoms with E-state index in [4.69, 9.17) is 10.5 Å². The molecule has 2 aliphatic heterocycles. The van der Waals surface area contributed by atoms with Gasteiger partial charge < -0.3 is 52.2 Å². The number of benzene rings is 2. The number of hydrogen-bond acceptors (Lipinski definition) is 11. The number of esters is 1. The van der Waals surface area contributed by atoms with Crippen molar-refractivity contribution in [3.63, 3.8) is 0 Å². The number of aromatic hydroxyl groups is 1. The number of primary amides is 1. The number of unbranched alkanes of at least 4 members (excludes halogenated alkanes) is 2. The van der Waals surface area contributed by atoms with Crippen molar-refractivity contribution in [1.82, 2.24) is 31.5 Å². The lowest BCUT2D eigenvalue weighted by Gasteiger charge is -2.30. The van der Waals surface area contributed by atoms with Crippen molar-refractivity contribution in [1.29, 1.82) is 0 Å². The van der Waals surface area contributed by atoms with Crippen molar-refractivity contribution in [2.45, 2.75) is 147 Å². The number of fused-ring (bicyclic) bond motifs is 1. The number of phenolic OH excluding ortho intramolecular Hbond substituents is 1. The van der Waals surface area contributed by atoms with E-state index < -0.39 is 108 Å². The number of cyclic esters (lactones) is 1. The Morgan fingerprint density at radius 3 is 2.05 bits per heavy atom. The van der Waals surface area contributed by atoms with Crippen molar-refractivity contribution in [2.24, 2.45) is 17.6 Å². The molecule has 350 valence electrons. The van der Waals surface area contributed by atoms with E-state index in [0.717, 1.165) is 19.3 Å². The number of nitrogens with two attached hydrogens (primary N) is 1. The van der Waals surface area contributed by atoms with Crippen LogP contribution in [-0.4, -0.2) is 117 Å². The van der Waals surface area contributed by atoms with Gasteiger partial charge in [0.1, 0.15) is 48.1 Å². The van der Waals surface area contributed by atoms with Crippen LogP contribution in [0.2, 0.25) is 0 Å². The van der Waals surface area contributed by atoms with Crippen LogP contribution in [0.1, 0.15) is 97.1 Å². The van der Waals surface area contributed by atoms with Gasteiger partial charge in [-0.2, -0.15) is 0 Å². The summed E-state index contributed by atoms with van der Waals surface area (Å²) in [6.07, 6.45) is -0.0825. The Hall–Kier alpha value is -6.04. The maximum Gasteiger partial charge on any atom is 0.329 e. The molecule has 2 saturated heterocycles. The predicted molar refractivity (Wildman–Crippen MR) is 234 cm³/mol. The van der Waals surface area contributed by atoms with E-state index in [-0.39, 0.29) is 44.4 Å². The highest BCUT2D eigenvalue weighted by atomic mass is 16.5. The number of rotatable bonds is 13. The van der Waals surface area contributed by atoms with Gasteiger partial charge in [-0.05, 0) is 54.9 Å². The minimum absolute atomic E-state index is 0.0106. The van der Waals surface area contributed by atoms with E-state index in [2.05, 4.69) is 40.4 Å². The first-order chi connectivity index (χ1) is 30.3. The molecule has 18 heteroatoms. The van der Waals surface area contributed by atoms with Crippen LogP contribution in [0.3, 0.4) is 0 Å². The smallest absolute Gasteiger partial charge is 0.329 e. The number of ether oxygens (including phenoxy) is 1. The third kappa shape index (κ3) is 15.6. The fraction of sp³-hybridized carbons (Fsp3) is 0.565. The highest BCUT2D eigenvalue weighted by molar-refractivity contribution is 5.98. The summed E-state index contributed by atoms with van der Waals surface area (Å²) in [4.78, 5) is 111. The van der Waals surface area contributed by atoms with Gasteiger partial charge in [0, 0.05) is 25.8 Å². The van der Waals surface area contributed by atoms with E-state index >= 15 is 0 Å². The summed E-state index contributed by atoms with van der Waals surface area (Å²) in [7, 11) is 0. The Bertz CT molecular complexity index is 1940. The van der Waals surface area contributed by atoms with Gasteiger partial charge in [0.2, 0.25) is 41.4 Å². The molecular weight excluding hydrogens is 827 g/mol. The SMILES string of the molecule is CC(C)CCCCCC1CC(=O)N[C@H](Cc2ccccc2)C(=O)N2C[C@H](O)C[C@H]2C(=O)N[C@H](C)C(=O)N[C@@H](C(C)C)C(=O)N[C@H](CC(N)=O)C(=O)N[C@@H](Cc2ccc(O)cc2)C(=O)O1. The number of carbonyl (C=O) groups excluding carboxylic acids is 8. The Labute approximate surface area is 374 Å². The summed E-state index contributed by atoms with van der Waals surface area (Å²) in [5.74, 6) is -6.75. The van der Waals surface area contributed by atoms with Gasteiger partial charge in [-0.25, -0.2) is 4.79 Å². The lowest BCUT2D eigenvalue weighted by Crippen LogP contribution is -2.60. The standard InChI is InChI=1S/C46H65N7O11/c1-26(2)12-8-6-11-15-33-23-39(57)49-35(20-29-13-9-7-10-14-29)45(62)53-25-32(55)22-37(53)43(60)48-28(5)41(58)52-40(27(3)4)44(61)50-34(24-38(47)56)42(59)51-36(46(63)64-33)21-30-16-18-31(54)19-17-30/h7,9-10,13-14,16-19,26-28,32-37,40,54-55H,6,8,11-12,15,20-25H2,1-5H3,(H2,47,56)(H,48,60)(H,49,57)(H,50,61)(H,51,59)(H,52,58)/t28-,32-,33?,34-,35-,36+,37+,40+/m1/s1. The van der Waals surface area contributed by atoms with E-state index in [9.17, 15) is 48.6 Å². The first-order valence-corrected chi connectivity index (χ1v) is 22.1. The molecule has 4 rings (SSSR count). The molecule has 2 aromatic rings. The summed E-state index contributed by atoms with van der Waals surface area (Å²) >= 11 is 0. The molecule has 18 nitrogen and oxygen atoms in total. The summed E-state index contributed by atoms with van der Waals surface area (Å²) in [5, 5.41) is 33.7. The van der Waals surface area contributed by atoms with Gasteiger partial charge in [-0.1, -0.05) is 89.4 Å². The average Bonchev–Trinajstić information content (AvgIpc) is 3.63. The van der Waals surface area contributed by atoms with Crippen LogP contribution in [0.5, 0.6) is 5.75 Å². The number of hydrogen-bond donors (Lipinski definition) is 8. The van der Waals surface area contributed by atoms with Crippen LogP contribution in [0.15, 0.2) is 54.6 Å². The first kappa shape index (κ1) is 50.6. The zero-order valence-corrected chi connectivity index (χ0v) is 37.3. The van der Waals surface area contributed by atoms with Gasteiger partial charge in [0.15, 0.2) is 0 Å². The molecule has 0 spiro atoms. The first-order valence-electron chi connectivity index (χ1n) is 22.1. The lowest BCUT2D eigenvalue weighted by molar-refractivity contribution is -0.155. The van der Waals surface area contributed by atoms with Crippen molar-refractivity contribution < 1.29 is 53.3 Å². The van der Waals surface area contributed by atoms with E-state index in [1.807, 2.05) is 0 Å². The average molecular weight is 892 g/mol. The van der Waals surface area contributed by atoms with Crippen molar-refractivity contribution in [2.75, 3.05) is 6.54 Å². The molecule has 7 amide bonds. The Morgan fingerprint density at radius 2 is 1.41 bits per heavy atom. The van der Waals surface area contributed by atoms with Gasteiger partial charge in [-0.15, -0.1) is 0 Å². The molecule has 1 unspecified atom stereocenters.